The topological polar surface area (TPSA) is 70.6 Å². The molecule has 2 aliphatic rings. The van der Waals surface area contributed by atoms with E-state index in [9.17, 15) is 4.79 Å². The minimum atomic E-state index is -0.526. The van der Waals surface area contributed by atoms with Crippen molar-refractivity contribution in [3.63, 3.8) is 0 Å². The molecular weight excluding hydrogens is 422 g/mol. The maximum Gasteiger partial charge on any atom is 0.329 e. The number of carbonyl (C=O) groups is 1. The van der Waals surface area contributed by atoms with E-state index in [0.29, 0.717) is 23.2 Å². The number of carbonyl (C=O) groups excluding carboxylic acids is 1. The van der Waals surface area contributed by atoms with Crippen molar-refractivity contribution in [1.82, 2.24) is 9.97 Å². The van der Waals surface area contributed by atoms with Gasteiger partial charge in [0.15, 0.2) is 16.7 Å². The third-order valence-corrected chi connectivity index (χ3v) is 6.59. The highest BCUT2D eigenvalue weighted by atomic mass is 32.1. The van der Waals surface area contributed by atoms with Crippen molar-refractivity contribution in [3.8, 4) is 17.0 Å². The quantitative estimate of drug-likeness (QED) is 0.586. The van der Waals surface area contributed by atoms with E-state index in [1.54, 1.807) is 4.90 Å². The van der Waals surface area contributed by atoms with E-state index in [1.165, 1.54) is 29.9 Å². The predicted molar refractivity (Wildman–Crippen MR) is 129 cm³/mol. The number of nitrogens with zero attached hydrogens (tertiary/aromatic N) is 4. The molecule has 0 aliphatic carbocycles. The third kappa shape index (κ3) is 4.14. The van der Waals surface area contributed by atoms with Gasteiger partial charge in [-0.2, -0.15) is 0 Å². The fourth-order valence-electron chi connectivity index (χ4n) is 4.23. The highest BCUT2D eigenvalue weighted by Crippen LogP contribution is 2.38. The zero-order valence-corrected chi connectivity index (χ0v) is 19.4. The average Bonchev–Trinajstić information content (AvgIpc) is 3.44. The minimum absolute atomic E-state index is 0.257. The standard InChI is InChI=1S/C24H27N5O2S/c1-16-14-32-22(25-16)27-23(30)29-15-24(2,3)31-20-10-9-19(26-21(20)29)17-7-6-8-18(13-17)28-11-4-5-12-28/h6-10,13-14H,4-5,11-12,15H2,1-3H3,(H,25,27,30). The van der Waals surface area contributed by atoms with E-state index in [4.69, 9.17) is 9.72 Å². The van der Waals surface area contributed by atoms with Crippen molar-refractivity contribution in [3.05, 3.63) is 47.5 Å². The normalized spacial score (nSPS) is 17.1. The number of anilines is 3. The molecule has 2 amide bonds. The smallest absolute Gasteiger partial charge is 0.329 e. The highest BCUT2D eigenvalue weighted by Gasteiger charge is 2.36. The molecule has 0 spiro atoms. The Morgan fingerprint density at radius 3 is 2.72 bits per heavy atom. The number of hydrogen-bond donors (Lipinski definition) is 1. The molecule has 0 saturated carbocycles. The Morgan fingerprint density at radius 1 is 1.16 bits per heavy atom. The summed E-state index contributed by atoms with van der Waals surface area (Å²) < 4.78 is 6.14. The second kappa shape index (κ2) is 8.09. The second-order valence-electron chi connectivity index (χ2n) is 8.93. The van der Waals surface area contributed by atoms with Gasteiger partial charge in [0.25, 0.3) is 0 Å². The Hall–Kier alpha value is -3.13. The molecule has 2 aromatic heterocycles. The van der Waals surface area contributed by atoms with E-state index in [1.807, 2.05) is 38.3 Å². The predicted octanol–water partition coefficient (Wildman–Crippen LogP) is 5.32. The molecule has 1 aromatic carbocycles. The molecule has 5 rings (SSSR count). The number of benzene rings is 1. The molecule has 4 heterocycles. The van der Waals surface area contributed by atoms with Crippen molar-refractivity contribution in [2.75, 3.05) is 34.8 Å². The van der Waals surface area contributed by atoms with Gasteiger partial charge in [-0.3, -0.25) is 10.2 Å². The zero-order valence-electron chi connectivity index (χ0n) is 18.6. The van der Waals surface area contributed by atoms with Gasteiger partial charge in [0, 0.05) is 29.7 Å². The van der Waals surface area contributed by atoms with Gasteiger partial charge in [-0.15, -0.1) is 11.3 Å². The highest BCUT2D eigenvalue weighted by molar-refractivity contribution is 7.13. The summed E-state index contributed by atoms with van der Waals surface area (Å²) in [4.78, 5) is 26.5. The number of hydrogen-bond acceptors (Lipinski definition) is 6. The molecule has 1 fully saturated rings. The van der Waals surface area contributed by atoms with Gasteiger partial charge in [-0.1, -0.05) is 12.1 Å². The molecule has 0 radical (unpaired) electrons. The molecule has 32 heavy (non-hydrogen) atoms. The summed E-state index contributed by atoms with van der Waals surface area (Å²) in [5, 5.41) is 5.40. The van der Waals surface area contributed by atoms with Gasteiger partial charge < -0.3 is 9.64 Å². The number of aromatic nitrogens is 2. The molecule has 1 saturated heterocycles. The number of aryl methyl sites for hydroxylation is 1. The van der Waals surface area contributed by atoms with Crippen LogP contribution in [0.2, 0.25) is 0 Å². The number of rotatable bonds is 3. The first-order valence-electron chi connectivity index (χ1n) is 10.9. The zero-order chi connectivity index (χ0) is 22.3. The summed E-state index contributed by atoms with van der Waals surface area (Å²) >= 11 is 1.41. The molecule has 166 valence electrons. The van der Waals surface area contributed by atoms with Crippen LogP contribution in [-0.4, -0.2) is 41.2 Å². The molecule has 7 nitrogen and oxygen atoms in total. The lowest BCUT2D eigenvalue weighted by Gasteiger charge is -2.38. The van der Waals surface area contributed by atoms with E-state index >= 15 is 0 Å². The number of thiazole rings is 1. The van der Waals surface area contributed by atoms with Crippen LogP contribution >= 0.6 is 11.3 Å². The first kappa shape index (κ1) is 20.8. The summed E-state index contributed by atoms with van der Waals surface area (Å²) in [6.45, 7) is 8.42. The third-order valence-electron chi connectivity index (χ3n) is 5.71. The number of fused-ring (bicyclic) bond motifs is 1. The summed E-state index contributed by atoms with van der Waals surface area (Å²) in [7, 11) is 0. The first-order valence-corrected chi connectivity index (χ1v) is 11.8. The maximum absolute atomic E-state index is 13.2. The van der Waals surface area contributed by atoms with Crippen molar-refractivity contribution in [1.29, 1.82) is 0 Å². The van der Waals surface area contributed by atoms with Crippen LogP contribution in [0.25, 0.3) is 11.3 Å². The van der Waals surface area contributed by atoms with Crippen LogP contribution in [0.1, 0.15) is 32.4 Å². The van der Waals surface area contributed by atoms with Crippen molar-refractivity contribution < 1.29 is 9.53 Å². The number of pyridine rings is 1. The second-order valence-corrected chi connectivity index (χ2v) is 9.79. The van der Waals surface area contributed by atoms with Crippen molar-refractivity contribution in [2.24, 2.45) is 0 Å². The number of nitrogens with one attached hydrogen (secondary N) is 1. The van der Waals surface area contributed by atoms with Crippen molar-refractivity contribution >= 4 is 34.0 Å². The Morgan fingerprint density at radius 2 is 1.97 bits per heavy atom. The number of urea groups is 1. The first-order chi connectivity index (χ1) is 15.4. The SMILES string of the molecule is Cc1csc(NC(=O)N2CC(C)(C)Oc3ccc(-c4cccc(N5CCCC5)c4)nc32)n1. The summed E-state index contributed by atoms with van der Waals surface area (Å²) in [6.07, 6.45) is 2.47. The Kier molecular flexibility index (Phi) is 5.25. The molecule has 8 heteroatoms. The molecule has 3 aromatic rings. The fourth-order valence-corrected chi connectivity index (χ4v) is 4.91. The van der Waals surface area contributed by atoms with Crippen LogP contribution in [0.15, 0.2) is 41.8 Å². The number of amides is 2. The Balaban J connectivity index is 1.48. The van der Waals surface area contributed by atoms with E-state index < -0.39 is 5.60 Å². The molecule has 1 N–H and O–H groups in total. The van der Waals surface area contributed by atoms with E-state index in [2.05, 4.69) is 39.5 Å². The molecular formula is C24H27N5O2S. The molecule has 0 bridgehead atoms. The van der Waals surface area contributed by atoms with Gasteiger partial charge >= 0.3 is 6.03 Å². The average molecular weight is 450 g/mol. The van der Waals surface area contributed by atoms with Crippen LogP contribution < -0.4 is 19.9 Å². The molecule has 0 unspecified atom stereocenters. The fraction of sp³-hybridized carbons (Fsp3) is 0.375. The Bertz CT molecular complexity index is 1150. The lowest BCUT2D eigenvalue weighted by atomic mass is 10.1. The minimum Gasteiger partial charge on any atom is -0.482 e. The van der Waals surface area contributed by atoms with Gasteiger partial charge in [-0.05, 0) is 57.9 Å². The molecule has 0 atom stereocenters. The van der Waals surface area contributed by atoms with Crippen LogP contribution in [-0.2, 0) is 0 Å². The van der Waals surface area contributed by atoms with Crippen molar-refractivity contribution in [2.45, 2.75) is 39.2 Å². The monoisotopic (exact) mass is 449 g/mol. The summed E-state index contributed by atoms with van der Waals surface area (Å²) in [5.74, 6) is 1.13. The number of ether oxygens (including phenoxy) is 1. The lowest BCUT2D eigenvalue weighted by molar-refractivity contribution is 0.106. The lowest BCUT2D eigenvalue weighted by Crippen LogP contribution is -2.51. The van der Waals surface area contributed by atoms with E-state index in [-0.39, 0.29) is 6.03 Å². The van der Waals surface area contributed by atoms with E-state index in [0.717, 1.165) is 30.0 Å². The Labute approximate surface area is 192 Å². The molecule has 2 aliphatic heterocycles. The summed E-state index contributed by atoms with van der Waals surface area (Å²) in [6, 6.07) is 12.1. The van der Waals surface area contributed by atoms with Crippen LogP contribution in [0, 0.1) is 6.92 Å². The van der Waals surface area contributed by atoms with Crippen LogP contribution in [0.3, 0.4) is 0 Å². The van der Waals surface area contributed by atoms with Gasteiger partial charge in [0.05, 0.1) is 17.9 Å². The van der Waals surface area contributed by atoms with Gasteiger partial charge in [0.2, 0.25) is 0 Å². The largest absolute Gasteiger partial charge is 0.482 e. The van der Waals surface area contributed by atoms with Crippen LogP contribution in [0.5, 0.6) is 5.75 Å². The van der Waals surface area contributed by atoms with Gasteiger partial charge in [0.1, 0.15) is 5.60 Å². The maximum atomic E-state index is 13.2. The van der Waals surface area contributed by atoms with Crippen LogP contribution in [0.4, 0.5) is 21.4 Å². The summed E-state index contributed by atoms with van der Waals surface area (Å²) in [5.41, 5.74) is 3.41. The van der Waals surface area contributed by atoms with Gasteiger partial charge in [-0.25, -0.2) is 14.8 Å².